The van der Waals surface area contributed by atoms with Crippen molar-refractivity contribution in [2.24, 2.45) is 17.8 Å². The molecule has 2 saturated carbocycles. The molecule has 0 aromatic heterocycles. The molecule has 0 spiro atoms. The van der Waals surface area contributed by atoms with Crippen LogP contribution in [0.3, 0.4) is 0 Å². The highest BCUT2D eigenvalue weighted by atomic mass is 19.2. The molecule has 2 fully saturated rings. The van der Waals surface area contributed by atoms with Crippen molar-refractivity contribution in [2.45, 2.75) is 146 Å². The quantitative estimate of drug-likeness (QED) is 0.0668. The Kier molecular flexibility index (Phi) is 37.0. The molecule has 17 aromatic rings. The Balaban J connectivity index is 0.000000161. The van der Waals surface area contributed by atoms with Crippen molar-refractivity contribution in [1.29, 1.82) is 0 Å². The zero-order valence-electron chi connectivity index (χ0n) is 82.7. The monoisotopic (exact) mass is 1910 g/mol. The summed E-state index contributed by atoms with van der Waals surface area (Å²) in [7, 11) is 3.28. The molecule has 0 N–H and O–H groups in total. The summed E-state index contributed by atoms with van der Waals surface area (Å²) >= 11 is 0. The summed E-state index contributed by atoms with van der Waals surface area (Å²) in [6.45, 7) is 24.1. The number of allylic oxidation sites excluding steroid dienone is 1. The van der Waals surface area contributed by atoms with Gasteiger partial charge in [0.15, 0.2) is 34.9 Å². The normalized spacial score (nSPS) is 14.0. The lowest BCUT2D eigenvalue weighted by molar-refractivity contribution is 0.277. The van der Waals surface area contributed by atoms with E-state index in [2.05, 4.69) is 107 Å². The highest BCUT2D eigenvalue weighted by Gasteiger charge is 2.25. The molecule has 0 bridgehead atoms. The molecule has 0 saturated heterocycles. The van der Waals surface area contributed by atoms with Gasteiger partial charge in [0.2, 0.25) is 0 Å². The lowest BCUT2D eigenvalue weighted by Crippen LogP contribution is -2.13. The summed E-state index contributed by atoms with van der Waals surface area (Å²) in [5.41, 5.74) is 23.0. The molecule has 0 aliphatic heterocycles. The molecule has 0 amide bonds. The third-order valence-electron chi connectivity index (χ3n) is 26.6. The standard InChI is InChI=1S/C22H18F2.C20H23F3.C20H16F2O.C20H17F.C19H13F3.C14H20O.C14H14.2H2/c1-3-4-16-7-11-18(12-8-16)20-14-13-19(21(23)22(20)24)17-9-5-15(2)6-10-17;1-12-3-6-14(7-4-12)8-10-16-11-15-9-5-13(2)18(21)17(15)20(23)19(16)22;1-13-3-5-14(6-4-13)17-11-12-18(20(22)19(17)21)15-7-9-16(23-2)10-8-15;1-14-3-7-16(8-4-14)18-11-12-19(20(21)13-18)17-9-5-15(2)6-10-17;1-12-2-4-13(5-3-12)16-8-6-14(10-18(16)21)17-9-7-15(20)11-19(17)22;1-11-3-5-12(6-4-11)13-7-9-14(15-2)10-8-13;1-11-3-7-13(8-4-11)14-9-5-12(2)6-10-14;;/h3,5-14H,1,4H2,2H3;5,9,11-12,14H,3-4,6-8,10H2,1-2H3;3-12H,1-2H3;3-13H,1-2H3;2-11H,1H3;7-12H,3-6H2,1-2H3;3-10H,1-2H3;2*1H. The first-order valence-corrected chi connectivity index (χ1v) is 48.4. The lowest BCUT2D eigenvalue weighted by atomic mass is 9.79. The fraction of sp³-hybridized carbons (Fsp3) is 0.209. The van der Waals surface area contributed by atoms with Crippen molar-refractivity contribution in [2.75, 3.05) is 14.2 Å². The molecular formula is C129H125F11O2. The molecule has 2 nitrogen and oxygen atoms in total. The van der Waals surface area contributed by atoms with Crippen molar-refractivity contribution in [3.8, 4) is 112 Å². The van der Waals surface area contributed by atoms with Gasteiger partial charge in [-0.1, -0.05) is 376 Å². The summed E-state index contributed by atoms with van der Waals surface area (Å²) < 4.78 is 166. The minimum Gasteiger partial charge on any atom is -0.497 e. The van der Waals surface area contributed by atoms with Gasteiger partial charge in [0.05, 0.1) is 19.6 Å². The van der Waals surface area contributed by atoms with Crippen molar-refractivity contribution >= 4 is 10.8 Å². The highest BCUT2D eigenvalue weighted by molar-refractivity contribution is 5.86. The third-order valence-corrected chi connectivity index (χ3v) is 26.6. The fourth-order valence-electron chi connectivity index (χ4n) is 17.7. The van der Waals surface area contributed by atoms with Gasteiger partial charge in [0.1, 0.15) is 40.6 Å². The van der Waals surface area contributed by atoms with Crippen LogP contribution in [0, 0.1) is 137 Å². The molecular weight excluding hydrogens is 1790 g/mol. The van der Waals surface area contributed by atoms with Crippen LogP contribution in [0.2, 0.25) is 0 Å². The van der Waals surface area contributed by atoms with E-state index in [4.69, 9.17) is 9.47 Å². The molecule has 2 aliphatic carbocycles. The number of ether oxygens (including phenoxy) is 2. The first kappa shape index (κ1) is 105. The van der Waals surface area contributed by atoms with Crippen LogP contribution in [0.4, 0.5) is 48.3 Å². The summed E-state index contributed by atoms with van der Waals surface area (Å²) in [4.78, 5) is 0. The number of hydrogen-bond donors (Lipinski definition) is 0. The van der Waals surface area contributed by atoms with E-state index in [0.717, 1.165) is 93.0 Å². The zero-order chi connectivity index (χ0) is 101. The molecule has 13 heteroatoms. The number of fused-ring (bicyclic) bond motifs is 1. The second-order valence-corrected chi connectivity index (χ2v) is 37.4. The van der Waals surface area contributed by atoms with E-state index >= 15 is 0 Å². The summed E-state index contributed by atoms with van der Waals surface area (Å²) in [6.07, 6.45) is 14.2. The predicted molar refractivity (Wildman–Crippen MR) is 570 cm³/mol. The van der Waals surface area contributed by atoms with Crippen molar-refractivity contribution in [3.05, 3.63) is 478 Å². The van der Waals surface area contributed by atoms with Crippen LogP contribution < -0.4 is 9.47 Å². The largest absolute Gasteiger partial charge is 0.497 e. The van der Waals surface area contributed by atoms with Crippen LogP contribution in [-0.4, -0.2) is 14.2 Å². The number of benzene rings is 17. The Morgan fingerprint density at radius 1 is 0.282 bits per heavy atom. The second kappa shape index (κ2) is 50.1. The predicted octanol–water partition coefficient (Wildman–Crippen LogP) is 38.3. The SMILES string of the molecule is C=CCc1ccc(-c2ccc(-c3ccc(C)cc3)c(F)c2F)cc1.COc1ccc(-c2ccc(-c3ccc(C)cc3)c(F)c2F)cc1.COc1ccc(C2CCC(C)CC2)cc1.Cc1ccc(-c2ccc(-c3ccc(C)cc3)c(F)c2)cc1.Cc1ccc(-c2ccc(-c3ccc(F)cc3F)cc2F)cc1.Cc1ccc(-c2ccc(C)cc2)cc1.Cc1ccc2cc(CCC3CCC(C)CC3)c(F)c(F)c2c1F.[HH].[HH]. The van der Waals surface area contributed by atoms with Crippen molar-refractivity contribution in [1.82, 2.24) is 0 Å². The topological polar surface area (TPSA) is 18.5 Å². The van der Waals surface area contributed by atoms with Gasteiger partial charge >= 0.3 is 0 Å². The molecule has 730 valence electrons. The Morgan fingerprint density at radius 2 is 0.585 bits per heavy atom. The van der Waals surface area contributed by atoms with E-state index in [1.165, 1.54) is 102 Å². The van der Waals surface area contributed by atoms with E-state index in [-0.39, 0.29) is 41.9 Å². The van der Waals surface area contributed by atoms with Gasteiger partial charge < -0.3 is 9.47 Å². The van der Waals surface area contributed by atoms with Crippen LogP contribution in [-0.2, 0) is 12.8 Å². The smallest absolute Gasteiger partial charge is 0.169 e. The Hall–Kier alpha value is -14.4. The van der Waals surface area contributed by atoms with Crippen LogP contribution in [0.5, 0.6) is 11.5 Å². The van der Waals surface area contributed by atoms with E-state index in [0.29, 0.717) is 73.5 Å². The Bertz CT molecular complexity index is 7000. The third kappa shape index (κ3) is 28.0. The number of methoxy groups -OCH3 is 2. The molecule has 2 aliphatic rings. The number of halogens is 11. The molecule has 0 heterocycles. The van der Waals surface area contributed by atoms with Gasteiger partial charge in [0.25, 0.3) is 0 Å². The fourth-order valence-corrected chi connectivity index (χ4v) is 17.7. The van der Waals surface area contributed by atoms with Gasteiger partial charge in [-0.25, -0.2) is 48.3 Å². The Morgan fingerprint density at radius 3 is 0.958 bits per heavy atom. The van der Waals surface area contributed by atoms with Gasteiger partial charge in [-0.2, -0.15) is 0 Å². The maximum atomic E-state index is 14.6. The van der Waals surface area contributed by atoms with Crippen molar-refractivity contribution in [3.63, 3.8) is 0 Å². The van der Waals surface area contributed by atoms with Gasteiger partial charge in [0, 0.05) is 47.9 Å². The second-order valence-electron chi connectivity index (χ2n) is 37.4. The molecule has 0 atom stereocenters. The number of rotatable bonds is 17. The molecule has 0 unspecified atom stereocenters. The number of hydrogen-bond acceptors (Lipinski definition) is 2. The van der Waals surface area contributed by atoms with Crippen LogP contribution >= 0.6 is 0 Å². The van der Waals surface area contributed by atoms with Gasteiger partial charge in [-0.05, 0) is 255 Å². The molecule has 17 aromatic carbocycles. The highest BCUT2D eigenvalue weighted by Crippen LogP contribution is 2.41. The van der Waals surface area contributed by atoms with Crippen LogP contribution in [0.1, 0.15) is 142 Å². The van der Waals surface area contributed by atoms with Gasteiger partial charge in [-0.3, -0.25) is 0 Å². The first-order valence-electron chi connectivity index (χ1n) is 48.4. The molecule has 0 radical (unpaired) electrons. The van der Waals surface area contributed by atoms with Gasteiger partial charge in [-0.15, -0.1) is 6.58 Å². The first-order chi connectivity index (χ1) is 68.4. The Labute approximate surface area is 833 Å². The maximum Gasteiger partial charge on any atom is 0.169 e. The minimum absolute atomic E-state index is 0. The average Bonchev–Trinajstić information content (AvgIpc) is 0.768. The summed E-state index contributed by atoms with van der Waals surface area (Å²) in [5, 5.41) is 0.219. The lowest BCUT2D eigenvalue weighted by Gasteiger charge is -2.26. The van der Waals surface area contributed by atoms with E-state index in [1.54, 1.807) is 130 Å². The maximum absolute atomic E-state index is 14.6. The van der Waals surface area contributed by atoms with Crippen LogP contribution in [0.25, 0.3) is 111 Å². The van der Waals surface area contributed by atoms with E-state index < -0.39 is 58.2 Å². The van der Waals surface area contributed by atoms with Crippen molar-refractivity contribution < 1.29 is 60.6 Å². The van der Waals surface area contributed by atoms with E-state index in [9.17, 15) is 48.3 Å². The molecule has 142 heavy (non-hydrogen) atoms. The minimum atomic E-state index is -1.05. The zero-order valence-corrected chi connectivity index (χ0v) is 82.7. The van der Waals surface area contributed by atoms with Crippen LogP contribution in [0.15, 0.2) is 352 Å². The van der Waals surface area contributed by atoms with E-state index in [1.807, 2.05) is 174 Å². The summed E-state index contributed by atoms with van der Waals surface area (Å²) in [5.74, 6) is -3.14. The summed E-state index contributed by atoms with van der Waals surface area (Å²) in [6, 6.07) is 103. The molecule has 19 rings (SSSR count). The average molecular weight is 1920 g/mol. The number of aryl methyl sites for hydroxylation is 9.